The molecule has 3 nitrogen and oxygen atoms in total. The highest BCUT2D eigenvalue weighted by molar-refractivity contribution is 7.97. The molecule has 0 aliphatic heterocycles. The highest BCUT2D eigenvalue weighted by Crippen LogP contribution is 2.11. The number of rotatable bonds is 5. The molecule has 0 radical (unpaired) electrons. The molecule has 1 rings (SSSR count). The van der Waals surface area contributed by atoms with E-state index in [0.29, 0.717) is 0 Å². The van der Waals surface area contributed by atoms with E-state index in [1.165, 1.54) is 0 Å². The first-order chi connectivity index (χ1) is 6.80. The number of aromatic nitrogens is 2. The van der Waals surface area contributed by atoms with Gasteiger partial charge in [0.25, 0.3) is 0 Å². The quantitative estimate of drug-likeness (QED) is 0.811. The van der Waals surface area contributed by atoms with Gasteiger partial charge in [-0.15, -0.1) is 0 Å². The molecule has 1 aromatic heterocycles. The van der Waals surface area contributed by atoms with Crippen LogP contribution in [0.5, 0.6) is 0 Å². The maximum Gasteiger partial charge on any atom is 0.140 e. The Morgan fingerprint density at radius 3 is 2.71 bits per heavy atom. The molecule has 0 fully saturated rings. The number of thioether (sulfide) groups is 1. The second-order valence-corrected chi connectivity index (χ2v) is 3.84. The average molecular weight is 211 g/mol. The highest BCUT2D eigenvalue weighted by Gasteiger charge is 2.01. The largest absolute Gasteiger partial charge is 0.370 e. The monoisotopic (exact) mass is 211 g/mol. The van der Waals surface area contributed by atoms with Gasteiger partial charge in [0.2, 0.25) is 0 Å². The summed E-state index contributed by atoms with van der Waals surface area (Å²) in [5.74, 6) is 2.75. The highest BCUT2D eigenvalue weighted by atomic mass is 32.2. The van der Waals surface area contributed by atoms with Gasteiger partial charge in [-0.25, -0.2) is 9.97 Å². The second-order valence-electron chi connectivity index (χ2n) is 2.98. The third kappa shape index (κ3) is 3.18. The van der Waals surface area contributed by atoms with Gasteiger partial charge < -0.3 is 5.32 Å². The van der Waals surface area contributed by atoms with Gasteiger partial charge in [0.05, 0.1) is 5.75 Å². The third-order valence-corrected chi connectivity index (χ3v) is 2.37. The van der Waals surface area contributed by atoms with Crippen molar-refractivity contribution in [3.8, 4) is 0 Å². The minimum Gasteiger partial charge on any atom is -0.370 e. The minimum absolute atomic E-state index is 0.881. The summed E-state index contributed by atoms with van der Waals surface area (Å²) in [7, 11) is 0. The van der Waals surface area contributed by atoms with Crippen molar-refractivity contribution in [1.82, 2.24) is 9.97 Å². The fourth-order valence-corrected chi connectivity index (χ4v) is 1.59. The predicted molar refractivity (Wildman–Crippen MR) is 62.8 cm³/mol. The fraction of sp³-hybridized carbons (Fsp3) is 0.600. The molecular weight excluding hydrogens is 194 g/mol. The third-order valence-electron chi connectivity index (χ3n) is 1.82. The Hall–Kier alpha value is -0.770. The van der Waals surface area contributed by atoms with Gasteiger partial charge in [-0.05, 0) is 19.6 Å². The SMILES string of the molecule is CCNc1cc(CC)nc(CSC)n1. The van der Waals surface area contributed by atoms with Crippen LogP contribution >= 0.6 is 11.8 Å². The average Bonchev–Trinajstić information content (AvgIpc) is 2.18. The smallest absolute Gasteiger partial charge is 0.140 e. The van der Waals surface area contributed by atoms with Gasteiger partial charge in [-0.1, -0.05) is 6.92 Å². The van der Waals surface area contributed by atoms with Crippen LogP contribution in [-0.4, -0.2) is 22.8 Å². The summed E-state index contributed by atoms with van der Waals surface area (Å²) in [6, 6.07) is 2.02. The molecule has 1 N–H and O–H groups in total. The molecule has 14 heavy (non-hydrogen) atoms. The number of aryl methyl sites for hydroxylation is 1. The van der Waals surface area contributed by atoms with Gasteiger partial charge in [-0.3, -0.25) is 0 Å². The Morgan fingerprint density at radius 2 is 2.14 bits per heavy atom. The lowest BCUT2D eigenvalue weighted by atomic mass is 10.3. The number of nitrogens with one attached hydrogen (secondary N) is 1. The predicted octanol–water partition coefficient (Wildman–Crippen LogP) is 2.33. The lowest BCUT2D eigenvalue weighted by molar-refractivity contribution is 0.937. The molecule has 0 spiro atoms. The van der Waals surface area contributed by atoms with Crippen LogP contribution in [0, 0.1) is 0 Å². The zero-order valence-electron chi connectivity index (χ0n) is 9.00. The molecule has 1 heterocycles. The molecule has 0 saturated heterocycles. The Balaban J connectivity index is 2.88. The molecule has 0 saturated carbocycles. The summed E-state index contributed by atoms with van der Waals surface area (Å²) in [6.45, 7) is 5.09. The van der Waals surface area contributed by atoms with E-state index >= 15 is 0 Å². The first-order valence-electron chi connectivity index (χ1n) is 4.89. The summed E-state index contributed by atoms with van der Waals surface area (Å²) in [5.41, 5.74) is 1.11. The summed E-state index contributed by atoms with van der Waals surface area (Å²) in [4.78, 5) is 8.87. The molecule has 0 aliphatic carbocycles. The summed E-state index contributed by atoms with van der Waals surface area (Å²) in [5, 5.41) is 3.22. The molecule has 0 unspecified atom stereocenters. The lowest BCUT2D eigenvalue weighted by Gasteiger charge is -2.06. The first kappa shape index (κ1) is 11.3. The van der Waals surface area contributed by atoms with Gasteiger partial charge in [0.15, 0.2) is 0 Å². The Kier molecular flexibility index (Phi) is 4.73. The first-order valence-corrected chi connectivity index (χ1v) is 6.29. The molecule has 78 valence electrons. The van der Waals surface area contributed by atoms with Crippen molar-refractivity contribution in [2.24, 2.45) is 0 Å². The maximum absolute atomic E-state index is 4.45. The van der Waals surface area contributed by atoms with Crippen molar-refractivity contribution in [3.05, 3.63) is 17.6 Å². The standard InChI is InChI=1S/C10H17N3S/c1-4-8-6-9(11-5-2)13-10(12-8)7-14-3/h6H,4-5,7H2,1-3H3,(H,11,12,13). The van der Waals surface area contributed by atoms with Crippen LogP contribution in [-0.2, 0) is 12.2 Å². The van der Waals surface area contributed by atoms with Gasteiger partial charge >= 0.3 is 0 Å². The van der Waals surface area contributed by atoms with Crippen molar-refractivity contribution >= 4 is 17.6 Å². The Bertz CT molecular complexity index is 264. The van der Waals surface area contributed by atoms with E-state index < -0.39 is 0 Å². The van der Waals surface area contributed by atoms with Crippen LogP contribution in [0.1, 0.15) is 25.4 Å². The van der Waals surface area contributed by atoms with Crippen molar-refractivity contribution in [2.45, 2.75) is 26.0 Å². The molecule has 0 bridgehead atoms. The van der Waals surface area contributed by atoms with Crippen LogP contribution in [0.2, 0.25) is 0 Å². The normalized spacial score (nSPS) is 10.2. The van der Waals surface area contributed by atoms with E-state index in [9.17, 15) is 0 Å². The van der Waals surface area contributed by atoms with Gasteiger partial charge in [-0.2, -0.15) is 11.8 Å². The molecule has 0 amide bonds. The van der Waals surface area contributed by atoms with Crippen LogP contribution in [0.25, 0.3) is 0 Å². The van der Waals surface area contributed by atoms with E-state index in [4.69, 9.17) is 0 Å². The van der Waals surface area contributed by atoms with Gasteiger partial charge in [0, 0.05) is 18.3 Å². The molecule has 4 heteroatoms. The Labute approximate surface area is 89.7 Å². The van der Waals surface area contributed by atoms with E-state index in [-0.39, 0.29) is 0 Å². The van der Waals surface area contributed by atoms with E-state index in [1.54, 1.807) is 11.8 Å². The van der Waals surface area contributed by atoms with E-state index in [2.05, 4.69) is 35.4 Å². The van der Waals surface area contributed by atoms with Crippen LogP contribution in [0.4, 0.5) is 5.82 Å². The number of hydrogen-bond donors (Lipinski definition) is 1. The summed E-state index contributed by atoms with van der Waals surface area (Å²) in [6.07, 6.45) is 3.02. The van der Waals surface area contributed by atoms with Gasteiger partial charge in [0.1, 0.15) is 11.6 Å². The summed E-state index contributed by atoms with van der Waals surface area (Å²) < 4.78 is 0. The van der Waals surface area contributed by atoms with Crippen LogP contribution in [0.3, 0.4) is 0 Å². The van der Waals surface area contributed by atoms with Crippen molar-refractivity contribution in [2.75, 3.05) is 18.1 Å². The second kappa shape index (κ2) is 5.86. The zero-order valence-corrected chi connectivity index (χ0v) is 9.82. The zero-order chi connectivity index (χ0) is 10.4. The molecular formula is C10H17N3S. The van der Waals surface area contributed by atoms with Crippen molar-refractivity contribution < 1.29 is 0 Å². The van der Waals surface area contributed by atoms with Crippen LogP contribution in [0.15, 0.2) is 6.07 Å². The number of hydrogen-bond acceptors (Lipinski definition) is 4. The lowest BCUT2D eigenvalue weighted by Crippen LogP contribution is -2.05. The molecule has 0 aliphatic rings. The van der Waals surface area contributed by atoms with E-state index in [0.717, 1.165) is 36.1 Å². The summed E-state index contributed by atoms with van der Waals surface area (Å²) >= 11 is 1.75. The molecule has 1 aromatic rings. The fourth-order valence-electron chi connectivity index (χ4n) is 1.20. The minimum atomic E-state index is 0.881. The maximum atomic E-state index is 4.45. The van der Waals surface area contributed by atoms with Crippen LogP contribution < -0.4 is 5.32 Å². The molecule has 0 atom stereocenters. The van der Waals surface area contributed by atoms with Crippen molar-refractivity contribution in [1.29, 1.82) is 0 Å². The van der Waals surface area contributed by atoms with Crippen molar-refractivity contribution in [3.63, 3.8) is 0 Å². The van der Waals surface area contributed by atoms with E-state index in [1.807, 2.05) is 6.07 Å². The topological polar surface area (TPSA) is 37.8 Å². The Morgan fingerprint density at radius 1 is 1.36 bits per heavy atom. The number of anilines is 1. The number of nitrogens with zero attached hydrogens (tertiary/aromatic N) is 2. The molecule has 0 aromatic carbocycles.